The lowest BCUT2D eigenvalue weighted by Gasteiger charge is -2.16. The van der Waals surface area contributed by atoms with Crippen LogP contribution in [-0.4, -0.2) is 27.7 Å². The molecular formula is C20H20N4O. The van der Waals surface area contributed by atoms with Gasteiger partial charge in [-0.15, -0.1) is 0 Å². The zero-order valence-electron chi connectivity index (χ0n) is 14.8. The average molecular weight is 332 g/mol. The highest BCUT2D eigenvalue weighted by atomic mass is 16.2. The van der Waals surface area contributed by atoms with Crippen LogP contribution in [0, 0.1) is 6.92 Å². The maximum Gasteiger partial charge on any atom is 0.236 e. The molecule has 2 aromatic heterocycles. The van der Waals surface area contributed by atoms with Crippen LogP contribution < -0.4 is 4.90 Å². The fraction of sp³-hybridized carbons (Fsp3) is 0.250. The van der Waals surface area contributed by atoms with Crippen molar-refractivity contribution in [2.24, 2.45) is 0 Å². The Hall–Kier alpha value is -2.95. The normalized spacial score (nSPS) is 15.5. The third-order valence-electron chi connectivity index (χ3n) is 4.95. The van der Waals surface area contributed by atoms with E-state index < -0.39 is 5.41 Å². The zero-order chi connectivity index (χ0) is 17.8. The summed E-state index contributed by atoms with van der Waals surface area (Å²) in [6.07, 6.45) is 5.67. The minimum Gasteiger partial charge on any atom is -0.314 e. The Morgan fingerprint density at radius 1 is 1.04 bits per heavy atom. The molecule has 0 saturated heterocycles. The Kier molecular flexibility index (Phi) is 3.29. The molecule has 0 saturated carbocycles. The number of hydrogen-bond donors (Lipinski definition) is 0. The Morgan fingerprint density at radius 2 is 1.84 bits per heavy atom. The summed E-state index contributed by atoms with van der Waals surface area (Å²) in [5.41, 5.74) is 5.49. The number of pyridine rings is 1. The van der Waals surface area contributed by atoms with Gasteiger partial charge in [0.2, 0.25) is 5.91 Å². The highest BCUT2D eigenvalue weighted by molar-refractivity contribution is 6.07. The first kappa shape index (κ1) is 15.6. The molecule has 1 aliphatic rings. The minimum atomic E-state index is -0.481. The molecule has 126 valence electrons. The van der Waals surface area contributed by atoms with Crippen LogP contribution in [-0.2, 0) is 10.2 Å². The van der Waals surface area contributed by atoms with Gasteiger partial charge in [-0.2, -0.15) is 5.10 Å². The highest BCUT2D eigenvalue weighted by Crippen LogP contribution is 2.41. The minimum absolute atomic E-state index is 0.117. The highest BCUT2D eigenvalue weighted by Gasteiger charge is 2.42. The molecule has 3 heterocycles. The molecule has 3 aromatic rings. The average Bonchev–Trinajstić information content (AvgIpc) is 3.15. The van der Waals surface area contributed by atoms with Gasteiger partial charge in [-0.05, 0) is 44.5 Å². The van der Waals surface area contributed by atoms with Crippen LogP contribution in [0.25, 0.3) is 16.8 Å². The van der Waals surface area contributed by atoms with Crippen LogP contribution in [0.4, 0.5) is 5.69 Å². The molecule has 5 heteroatoms. The predicted octanol–water partition coefficient (Wildman–Crippen LogP) is 3.50. The molecule has 4 rings (SSSR count). The van der Waals surface area contributed by atoms with E-state index in [4.69, 9.17) is 0 Å². The van der Waals surface area contributed by atoms with Gasteiger partial charge in [0.1, 0.15) is 0 Å². The number of aryl methyl sites for hydroxylation is 1. The van der Waals surface area contributed by atoms with Crippen molar-refractivity contribution in [1.82, 2.24) is 14.8 Å². The van der Waals surface area contributed by atoms with Crippen molar-refractivity contribution in [1.29, 1.82) is 0 Å². The molecule has 0 N–H and O–H groups in total. The van der Waals surface area contributed by atoms with Gasteiger partial charge in [-0.3, -0.25) is 9.78 Å². The van der Waals surface area contributed by atoms with Gasteiger partial charge in [0.15, 0.2) is 0 Å². The lowest BCUT2D eigenvalue weighted by molar-refractivity contribution is -0.121. The molecule has 1 aromatic carbocycles. The molecule has 0 spiro atoms. The molecule has 0 fully saturated rings. The number of aromatic nitrogens is 3. The molecule has 1 aliphatic heterocycles. The summed E-state index contributed by atoms with van der Waals surface area (Å²) in [5.74, 6) is 0.117. The maximum absolute atomic E-state index is 12.4. The van der Waals surface area contributed by atoms with Crippen molar-refractivity contribution in [2.75, 3.05) is 11.9 Å². The summed E-state index contributed by atoms with van der Waals surface area (Å²) in [7, 11) is 1.83. The van der Waals surface area contributed by atoms with Crippen LogP contribution in [0.15, 0.2) is 48.9 Å². The molecule has 0 atom stereocenters. The van der Waals surface area contributed by atoms with Gasteiger partial charge in [0.25, 0.3) is 0 Å². The third-order valence-corrected chi connectivity index (χ3v) is 4.95. The van der Waals surface area contributed by atoms with Gasteiger partial charge in [0, 0.05) is 41.9 Å². The van der Waals surface area contributed by atoms with Crippen LogP contribution in [0.2, 0.25) is 0 Å². The first-order chi connectivity index (χ1) is 11.9. The number of carbonyl (C=O) groups excluding carboxylic acids is 1. The fourth-order valence-corrected chi connectivity index (χ4v) is 3.36. The lowest BCUT2D eigenvalue weighted by Crippen LogP contribution is -2.33. The van der Waals surface area contributed by atoms with Gasteiger partial charge in [-0.25, -0.2) is 4.68 Å². The summed E-state index contributed by atoms with van der Waals surface area (Å²) in [6, 6.07) is 10.1. The van der Waals surface area contributed by atoms with Gasteiger partial charge < -0.3 is 4.90 Å². The van der Waals surface area contributed by atoms with E-state index in [0.29, 0.717) is 0 Å². The lowest BCUT2D eigenvalue weighted by atomic mass is 9.86. The zero-order valence-corrected chi connectivity index (χ0v) is 14.8. The fourth-order valence-electron chi connectivity index (χ4n) is 3.36. The molecule has 0 aliphatic carbocycles. The summed E-state index contributed by atoms with van der Waals surface area (Å²) < 4.78 is 1.83. The van der Waals surface area contributed by atoms with Gasteiger partial charge >= 0.3 is 0 Å². The Balaban J connectivity index is 1.73. The summed E-state index contributed by atoms with van der Waals surface area (Å²) in [6.45, 7) is 5.90. The second kappa shape index (κ2) is 5.28. The first-order valence-corrected chi connectivity index (χ1v) is 8.29. The van der Waals surface area contributed by atoms with E-state index in [2.05, 4.69) is 10.1 Å². The number of nitrogens with zero attached hydrogens (tertiary/aromatic N) is 4. The van der Waals surface area contributed by atoms with E-state index in [1.165, 1.54) is 0 Å². The second-order valence-electron chi connectivity index (χ2n) is 7.05. The van der Waals surface area contributed by atoms with E-state index in [0.717, 1.165) is 33.8 Å². The summed E-state index contributed by atoms with van der Waals surface area (Å²) in [5, 5.41) is 4.48. The number of rotatable bonds is 2. The van der Waals surface area contributed by atoms with Crippen molar-refractivity contribution in [3.63, 3.8) is 0 Å². The summed E-state index contributed by atoms with van der Waals surface area (Å²) >= 11 is 0. The standard InChI is InChI=1S/C20H20N4O/c1-13-5-6-14(10-21-13)15-11-22-24(12-15)16-7-8-17-18(9-16)23(4)19(25)20(17,2)3/h5-12H,1-4H3. The van der Waals surface area contributed by atoms with Crippen molar-refractivity contribution in [3.8, 4) is 16.8 Å². The smallest absolute Gasteiger partial charge is 0.236 e. The van der Waals surface area contributed by atoms with Crippen molar-refractivity contribution in [2.45, 2.75) is 26.2 Å². The largest absolute Gasteiger partial charge is 0.314 e. The molecule has 1 amide bonds. The van der Waals surface area contributed by atoms with Gasteiger partial charge in [-0.1, -0.05) is 12.1 Å². The topological polar surface area (TPSA) is 51.0 Å². The first-order valence-electron chi connectivity index (χ1n) is 8.29. The van der Waals surface area contributed by atoms with Crippen LogP contribution in [0.1, 0.15) is 25.1 Å². The molecule has 0 bridgehead atoms. The molecular weight excluding hydrogens is 312 g/mol. The van der Waals surface area contributed by atoms with E-state index in [-0.39, 0.29) is 5.91 Å². The maximum atomic E-state index is 12.4. The quantitative estimate of drug-likeness (QED) is 0.722. The number of fused-ring (bicyclic) bond motifs is 1. The SMILES string of the molecule is Cc1ccc(-c2cnn(-c3ccc4c(c3)N(C)C(=O)C4(C)C)c2)cn1. The number of likely N-dealkylation sites (N-methyl/N-ethyl adjacent to an activating group) is 1. The Labute approximate surface area is 146 Å². The molecule has 5 nitrogen and oxygen atoms in total. The predicted molar refractivity (Wildman–Crippen MR) is 98.0 cm³/mol. The van der Waals surface area contributed by atoms with E-state index in [1.54, 1.807) is 4.90 Å². The molecule has 0 unspecified atom stereocenters. The van der Waals surface area contributed by atoms with Crippen LogP contribution >= 0.6 is 0 Å². The van der Waals surface area contributed by atoms with Crippen molar-refractivity contribution in [3.05, 3.63) is 60.2 Å². The number of carbonyl (C=O) groups is 1. The van der Waals surface area contributed by atoms with Crippen LogP contribution in [0.3, 0.4) is 0 Å². The number of anilines is 1. The Bertz CT molecular complexity index is 970. The van der Waals surface area contributed by atoms with Gasteiger partial charge in [0.05, 0.1) is 17.3 Å². The Morgan fingerprint density at radius 3 is 2.56 bits per heavy atom. The number of benzene rings is 1. The number of hydrogen-bond acceptors (Lipinski definition) is 3. The van der Waals surface area contributed by atoms with Crippen molar-refractivity contribution >= 4 is 11.6 Å². The van der Waals surface area contributed by atoms with E-state index in [1.807, 2.05) is 81.4 Å². The monoisotopic (exact) mass is 332 g/mol. The third kappa shape index (κ3) is 2.35. The second-order valence-corrected chi connectivity index (χ2v) is 7.05. The van der Waals surface area contributed by atoms with Crippen LogP contribution in [0.5, 0.6) is 0 Å². The van der Waals surface area contributed by atoms with E-state index in [9.17, 15) is 4.79 Å². The summed E-state index contributed by atoms with van der Waals surface area (Å²) in [4.78, 5) is 18.5. The molecule has 0 radical (unpaired) electrons. The molecule has 25 heavy (non-hydrogen) atoms. The van der Waals surface area contributed by atoms with E-state index >= 15 is 0 Å². The van der Waals surface area contributed by atoms with Crippen molar-refractivity contribution < 1.29 is 4.79 Å². The number of amides is 1.